The molecule has 0 aromatic carbocycles. The van der Waals surface area contributed by atoms with Crippen LogP contribution in [0.3, 0.4) is 0 Å². The topological polar surface area (TPSA) is 136 Å². The fraction of sp³-hybridized carbons (Fsp3) is 0.462. The molecule has 0 spiro atoms. The number of urea groups is 1. The van der Waals surface area contributed by atoms with E-state index < -0.39 is 22.1 Å². The highest BCUT2D eigenvalue weighted by Crippen LogP contribution is 2.28. The van der Waals surface area contributed by atoms with Crippen molar-refractivity contribution < 1.29 is 23.2 Å². The van der Waals surface area contributed by atoms with E-state index in [2.05, 4.69) is 9.71 Å². The number of ether oxygens (including phenoxy) is 1. The molecule has 2 aliphatic heterocycles. The van der Waals surface area contributed by atoms with Crippen LogP contribution in [0.5, 0.6) is 5.88 Å². The Morgan fingerprint density at radius 3 is 2.83 bits per heavy atom. The number of amidine groups is 1. The first-order valence-electron chi connectivity index (χ1n) is 7.23. The van der Waals surface area contributed by atoms with E-state index in [4.69, 9.17) is 10.1 Å². The minimum absolute atomic E-state index is 0.113. The van der Waals surface area contributed by atoms with Gasteiger partial charge in [-0.1, -0.05) is 0 Å². The van der Waals surface area contributed by atoms with Crippen LogP contribution >= 0.6 is 0 Å². The first-order valence-corrected chi connectivity index (χ1v) is 8.72. The van der Waals surface area contributed by atoms with Crippen molar-refractivity contribution in [3.63, 3.8) is 0 Å². The molecule has 1 aromatic rings. The van der Waals surface area contributed by atoms with Crippen LogP contribution in [0.2, 0.25) is 0 Å². The van der Waals surface area contributed by atoms with Gasteiger partial charge in [-0.15, -0.1) is 0 Å². The van der Waals surface area contributed by atoms with Crippen LogP contribution in [0.4, 0.5) is 4.79 Å². The number of carbonyl (C=O) groups excluding carboxylic acids is 1. The van der Waals surface area contributed by atoms with Crippen LogP contribution in [0.15, 0.2) is 23.2 Å². The van der Waals surface area contributed by atoms with E-state index in [1.807, 2.05) is 0 Å². The summed E-state index contributed by atoms with van der Waals surface area (Å²) < 4.78 is 31.7. The number of hydroxylamine groups is 2. The number of pyridine rings is 1. The van der Waals surface area contributed by atoms with Gasteiger partial charge in [0.25, 0.3) is 10.0 Å². The normalized spacial score (nSPS) is 23.3. The molecule has 3 rings (SSSR count). The van der Waals surface area contributed by atoms with E-state index in [1.165, 1.54) is 24.1 Å². The molecule has 130 valence electrons. The molecule has 3 N–H and O–H groups in total. The predicted molar refractivity (Wildman–Crippen MR) is 81.4 cm³/mol. The third-order valence-electron chi connectivity index (χ3n) is 4.15. The highest BCUT2D eigenvalue weighted by molar-refractivity contribution is 7.90. The van der Waals surface area contributed by atoms with Crippen LogP contribution < -0.4 is 9.46 Å². The third-order valence-corrected chi connectivity index (χ3v) is 5.50. The maximum atomic E-state index is 12.3. The minimum Gasteiger partial charge on any atom is -0.481 e. The lowest BCUT2D eigenvalue weighted by molar-refractivity contribution is -0.0583. The largest absolute Gasteiger partial charge is 0.481 e. The van der Waals surface area contributed by atoms with Gasteiger partial charge >= 0.3 is 6.03 Å². The standard InChI is InChI=1S/C13H17N5O5S/c1-23-11-5-3-9(6-15-11)24(21,22)16-12(14)10-4-2-8-7-17(10)13(19)18(8)20/h3,5-6,8,10,20H,2,4,7H2,1H3,(H2,14,16)/t8-,10+/m1/s1. The molecule has 11 heteroatoms. The molecule has 2 aliphatic rings. The summed E-state index contributed by atoms with van der Waals surface area (Å²) in [5.41, 5.74) is 0. The molecular formula is C13H17N5O5S. The van der Waals surface area contributed by atoms with Crippen LogP contribution in [-0.2, 0) is 10.0 Å². The van der Waals surface area contributed by atoms with Crippen molar-refractivity contribution in [2.75, 3.05) is 13.7 Å². The zero-order valence-corrected chi connectivity index (χ0v) is 13.7. The highest BCUT2D eigenvalue weighted by Gasteiger charge is 2.46. The molecule has 1 aromatic heterocycles. The van der Waals surface area contributed by atoms with Gasteiger partial charge in [-0.05, 0) is 18.9 Å². The van der Waals surface area contributed by atoms with Crippen molar-refractivity contribution in [3.8, 4) is 5.88 Å². The van der Waals surface area contributed by atoms with Crippen LogP contribution in [-0.4, -0.2) is 66.2 Å². The minimum atomic E-state index is -3.99. The summed E-state index contributed by atoms with van der Waals surface area (Å²) in [5.74, 6) is -0.0408. The summed E-state index contributed by atoms with van der Waals surface area (Å²) in [6.07, 6.45) is 2.02. The average molecular weight is 355 g/mol. The Bertz CT molecular complexity index is 765. The third kappa shape index (κ3) is 2.76. The van der Waals surface area contributed by atoms with Crippen molar-refractivity contribution in [2.45, 2.75) is 29.8 Å². The number of carbonyl (C=O) groups is 1. The Labute approximate surface area is 138 Å². The van der Waals surface area contributed by atoms with Gasteiger partial charge in [-0.3, -0.25) is 15.3 Å². The number of piperidine rings is 1. The molecule has 0 radical (unpaired) electrons. The van der Waals surface area contributed by atoms with Gasteiger partial charge in [0.15, 0.2) is 0 Å². The monoisotopic (exact) mass is 355 g/mol. The number of nitrogens with zero attached hydrogens (tertiary/aromatic N) is 3. The van der Waals surface area contributed by atoms with Gasteiger partial charge < -0.3 is 9.64 Å². The summed E-state index contributed by atoms with van der Waals surface area (Å²) >= 11 is 0. The van der Waals surface area contributed by atoms with Gasteiger partial charge in [0, 0.05) is 12.6 Å². The lowest BCUT2D eigenvalue weighted by Crippen LogP contribution is -2.50. The summed E-state index contributed by atoms with van der Waals surface area (Å²) in [7, 11) is -2.57. The Morgan fingerprint density at radius 1 is 1.46 bits per heavy atom. The second kappa shape index (κ2) is 5.91. The number of hydrogen-bond acceptors (Lipinski definition) is 7. The molecule has 2 bridgehead atoms. The molecule has 2 saturated heterocycles. The first kappa shape index (κ1) is 16.5. The van der Waals surface area contributed by atoms with Crippen LogP contribution in [0.25, 0.3) is 0 Å². The maximum absolute atomic E-state index is 12.3. The Hall–Kier alpha value is -2.40. The van der Waals surface area contributed by atoms with Crippen molar-refractivity contribution in [2.24, 2.45) is 0 Å². The lowest BCUT2D eigenvalue weighted by Gasteiger charge is -2.30. The van der Waals surface area contributed by atoms with E-state index in [9.17, 15) is 18.4 Å². The summed E-state index contributed by atoms with van der Waals surface area (Å²) in [4.78, 5) is 16.9. The van der Waals surface area contributed by atoms with Gasteiger partial charge in [0.05, 0.1) is 25.4 Å². The molecule has 3 heterocycles. The number of methoxy groups -OCH3 is 1. The van der Waals surface area contributed by atoms with E-state index in [1.54, 1.807) is 0 Å². The fourth-order valence-electron chi connectivity index (χ4n) is 2.87. The van der Waals surface area contributed by atoms with E-state index in [0.29, 0.717) is 17.9 Å². The number of fused-ring (bicyclic) bond motifs is 2. The zero-order chi connectivity index (χ0) is 17.5. The van der Waals surface area contributed by atoms with E-state index in [-0.39, 0.29) is 29.2 Å². The summed E-state index contributed by atoms with van der Waals surface area (Å²) in [6, 6.07) is 1.08. The van der Waals surface area contributed by atoms with Crippen molar-refractivity contribution in [1.82, 2.24) is 19.7 Å². The Morgan fingerprint density at radius 2 is 2.21 bits per heavy atom. The van der Waals surface area contributed by atoms with Crippen molar-refractivity contribution >= 4 is 21.9 Å². The number of amides is 2. The molecule has 2 amide bonds. The zero-order valence-electron chi connectivity index (χ0n) is 12.8. The molecule has 2 fully saturated rings. The first-order chi connectivity index (χ1) is 11.3. The molecule has 24 heavy (non-hydrogen) atoms. The quantitative estimate of drug-likeness (QED) is 0.395. The fourth-order valence-corrected chi connectivity index (χ4v) is 3.85. The maximum Gasteiger partial charge on any atom is 0.344 e. The number of nitrogens with one attached hydrogen (secondary N) is 2. The predicted octanol–water partition coefficient (Wildman–Crippen LogP) is 0.00357. The van der Waals surface area contributed by atoms with Gasteiger partial charge in [-0.2, -0.15) is 0 Å². The van der Waals surface area contributed by atoms with Gasteiger partial charge in [0.1, 0.15) is 10.7 Å². The van der Waals surface area contributed by atoms with E-state index in [0.717, 1.165) is 6.20 Å². The summed E-state index contributed by atoms with van der Waals surface area (Å²) in [5, 5.41) is 18.3. The lowest BCUT2D eigenvalue weighted by atomic mass is 10.0. The number of sulfonamides is 1. The SMILES string of the molecule is COc1ccc(S(=O)(=O)NC(=N)[C@@H]2CC[C@@H]3CN2C(=O)N3O)cn1. The summed E-state index contributed by atoms with van der Waals surface area (Å²) in [6.45, 7) is 0.272. The van der Waals surface area contributed by atoms with Gasteiger partial charge in [-0.25, -0.2) is 23.3 Å². The van der Waals surface area contributed by atoms with Crippen molar-refractivity contribution in [1.29, 1.82) is 5.41 Å². The second-order valence-corrected chi connectivity index (χ2v) is 7.26. The highest BCUT2D eigenvalue weighted by atomic mass is 32.2. The molecule has 0 unspecified atom stereocenters. The van der Waals surface area contributed by atoms with Crippen LogP contribution in [0.1, 0.15) is 12.8 Å². The Kier molecular flexibility index (Phi) is 4.05. The van der Waals surface area contributed by atoms with E-state index >= 15 is 0 Å². The molecule has 2 atom stereocenters. The molecule has 10 nitrogen and oxygen atoms in total. The average Bonchev–Trinajstić information content (AvgIpc) is 2.79. The number of aromatic nitrogens is 1. The second-order valence-electron chi connectivity index (χ2n) is 5.58. The molecule has 0 aliphatic carbocycles. The van der Waals surface area contributed by atoms with Crippen molar-refractivity contribution in [3.05, 3.63) is 18.3 Å². The number of rotatable bonds is 4. The Balaban J connectivity index is 1.75. The smallest absolute Gasteiger partial charge is 0.344 e. The van der Waals surface area contributed by atoms with Crippen LogP contribution in [0, 0.1) is 5.41 Å². The number of hydrogen-bond donors (Lipinski definition) is 3. The molecular weight excluding hydrogens is 338 g/mol. The molecule has 0 saturated carbocycles. The van der Waals surface area contributed by atoms with Gasteiger partial charge in [0.2, 0.25) is 5.88 Å².